The number of methoxy groups -OCH3 is 1. The van der Waals surface area contributed by atoms with Gasteiger partial charge >= 0.3 is 0 Å². The van der Waals surface area contributed by atoms with Gasteiger partial charge in [0.2, 0.25) is 10.0 Å². The van der Waals surface area contributed by atoms with E-state index in [0.29, 0.717) is 11.3 Å². The third-order valence-corrected chi connectivity index (χ3v) is 7.67. The van der Waals surface area contributed by atoms with Crippen LogP contribution >= 0.6 is 0 Å². The number of sulfonamides is 1. The first kappa shape index (κ1) is 24.8. The highest BCUT2D eigenvalue weighted by Crippen LogP contribution is 2.32. The van der Waals surface area contributed by atoms with Crippen molar-refractivity contribution in [3.05, 3.63) is 94.0 Å². The number of amides is 1. The van der Waals surface area contributed by atoms with Crippen LogP contribution in [0, 0.1) is 13.8 Å². The van der Waals surface area contributed by atoms with E-state index in [2.05, 4.69) is 5.32 Å². The number of aryl methyl sites for hydroxylation is 3. The van der Waals surface area contributed by atoms with Gasteiger partial charge in [0.1, 0.15) is 5.75 Å². The summed E-state index contributed by atoms with van der Waals surface area (Å²) in [5.74, 6) is 0.690. The predicted octanol–water partition coefficient (Wildman–Crippen LogP) is 5.09. The van der Waals surface area contributed by atoms with Crippen LogP contribution < -0.4 is 14.4 Å². The Balaban J connectivity index is 1.50. The Morgan fingerprint density at radius 1 is 1.06 bits per heavy atom. The second kappa shape index (κ2) is 10.1. The molecule has 0 aliphatic heterocycles. The zero-order valence-electron chi connectivity index (χ0n) is 20.7. The molecule has 184 valence electrons. The summed E-state index contributed by atoms with van der Waals surface area (Å²) in [6.45, 7) is 4.04. The number of fused-ring (bicyclic) bond motifs is 1. The van der Waals surface area contributed by atoms with E-state index < -0.39 is 10.0 Å². The van der Waals surface area contributed by atoms with Gasteiger partial charge in [-0.25, -0.2) is 8.42 Å². The molecule has 4 rings (SSSR count). The molecule has 1 aliphatic carbocycles. The number of nitrogens with zero attached hydrogens (tertiary/aromatic N) is 1. The van der Waals surface area contributed by atoms with Crippen molar-refractivity contribution >= 4 is 21.6 Å². The number of nitrogens with one attached hydrogen (secondary N) is 1. The van der Waals surface area contributed by atoms with E-state index in [1.807, 2.05) is 62.4 Å². The molecule has 6 nitrogen and oxygen atoms in total. The number of anilines is 1. The lowest BCUT2D eigenvalue weighted by atomic mass is 9.87. The molecule has 0 radical (unpaired) electrons. The summed E-state index contributed by atoms with van der Waals surface area (Å²) in [6.07, 6.45) is 4.09. The van der Waals surface area contributed by atoms with Crippen LogP contribution in [0.5, 0.6) is 5.75 Å². The second-order valence-electron chi connectivity index (χ2n) is 9.24. The fourth-order valence-electron chi connectivity index (χ4n) is 4.61. The highest BCUT2D eigenvalue weighted by molar-refractivity contribution is 7.92. The van der Waals surface area contributed by atoms with Gasteiger partial charge in [0.25, 0.3) is 5.91 Å². The molecule has 1 amide bonds. The van der Waals surface area contributed by atoms with Gasteiger partial charge in [-0.05, 0) is 91.3 Å². The fourth-order valence-corrected chi connectivity index (χ4v) is 5.54. The van der Waals surface area contributed by atoms with E-state index in [9.17, 15) is 13.2 Å². The van der Waals surface area contributed by atoms with Gasteiger partial charge in [-0.15, -0.1) is 0 Å². The van der Waals surface area contributed by atoms with Crippen molar-refractivity contribution in [2.24, 2.45) is 0 Å². The smallest absolute Gasteiger partial charge is 0.251 e. The minimum absolute atomic E-state index is 0.0399. The molecular formula is C28H32N2O4S. The summed E-state index contributed by atoms with van der Waals surface area (Å²) in [6, 6.07) is 18.9. The third kappa shape index (κ3) is 5.68. The quantitative estimate of drug-likeness (QED) is 0.499. The first-order valence-corrected chi connectivity index (χ1v) is 13.6. The molecule has 1 N–H and O–H groups in total. The Kier molecular flexibility index (Phi) is 7.17. The third-order valence-electron chi connectivity index (χ3n) is 6.55. The van der Waals surface area contributed by atoms with Crippen molar-refractivity contribution < 1.29 is 17.9 Å². The average Bonchev–Trinajstić information content (AvgIpc) is 2.83. The number of hydrogen-bond donors (Lipinski definition) is 1. The van der Waals surface area contributed by atoms with Crippen molar-refractivity contribution in [1.29, 1.82) is 0 Å². The number of carbonyl (C=O) groups is 1. The van der Waals surface area contributed by atoms with Gasteiger partial charge in [-0.1, -0.05) is 30.3 Å². The number of carbonyl (C=O) groups excluding carboxylic acids is 1. The largest absolute Gasteiger partial charge is 0.497 e. The van der Waals surface area contributed by atoms with Crippen LogP contribution in [0.25, 0.3) is 0 Å². The number of benzene rings is 3. The van der Waals surface area contributed by atoms with Crippen LogP contribution in [0.1, 0.15) is 57.1 Å². The summed E-state index contributed by atoms with van der Waals surface area (Å²) in [5.41, 5.74) is 6.26. The molecule has 3 aromatic rings. The molecule has 0 fully saturated rings. The lowest BCUT2D eigenvalue weighted by Crippen LogP contribution is -2.31. The van der Waals surface area contributed by atoms with Crippen LogP contribution in [0.3, 0.4) is 0 Å². The summed E-state index contributed by atoms with van der Waals surface area (Å²) in [5, 5.41) is 3.17. The van der Waals surface area contributed by atoms with Crippen LogP contribution in [0.15, 0.2) is 60.7 Å². The molecule has 7 heteroatoms. The van der Waals surface area contributed by atoms with Crippen molar-refractivity contribution in [2.75, 3.05) is 17.7 Å². The van der Waals surface area contributed by atoms with E-state index in [-0.39, 0.29) is 18.5 Å². The van der Waals surface area contributed by atoms with E-state index in [4.69, 9.17) is 4.74 Å². The molecule has 3 aromatic carbocycles. The van der Waals surface area contributed by atoms with Crippen LogP contribution in [-0.2, 0) is 23.0 Å². The maximum absolute atomic E-state index is 13.0. The molecule has 0 heterocycles. The highest BCUT2D eigenvalue weighted by atomic mass is 32.2. The standard InChI is InChI=1S/C28H32N2O4S/c1-19-8-9-20(2)27(16-19)30(35(4,32)33)18-21-10-12-22(13-11-21)28(31)29-26-7-5-6-23-17-24(34-3)14-15-25(23)26/h8-17,26H,5-7,18H2,1-4H3,(H,29,31)/t26-/m1/s1. The molecule has 1 aliphatic rings. The predicted molar refractivity (Wildman–Crippen MR) is 140 cm³/mol. The molecule has 35 heavy (non-hydrogen) atoms. The lowest BCUT2D eigenvalue weighted by Gasteiger charge is -2.27. The van der Waals surface area contributed by atoms with Crippen LogP contribution in [-0.4, -0.2) is 27.7 Å². The van der Waals surface area contributed by atoms with E-state index >= 15 is 0 Å². The molecule has 0 spiro atoms. The molecule has 0 saturated heterocycles. The molecule has 0 saturated carbocycles. The van der Waals surface area contributed by atoms with Crippen molar-refractivity contribution in [1.82, 2.24) is 5.32 Å². The number of rotatable bonds is 7. The van der Waals surface area contributed by atoms with Crippen LogP contribution in [0.4, 0.5) is 5.69 Å². The zero-order valence-corrected chi connectivity index (χ0v) is 21.5. The molecule has 0 aromatic heterocycles. The first-order chi connectivity index (χ1) is 16.7. The molecule has 0 bridgehead atoms. The number of hydrogen-bond acceptors (Lipinski definition) is 4. The Hall–Kier alpha value is -3.32. The van der Waals surface area contributed by atoms with E-state index in [0.717, 1.165) is 47.3 Å². The minimum atomic E-state index is -3.49. The number of ether oxygens (including phenoxy) is 1. The van der Waals surface area contributed by atoms with Crippen LogP contribution in [0.2, 0.25) is 0 Å². The van der Waals surface area contributed by atoms with Gasteiger partial charge < -0.3 is 10.1 Å². The first-order valence-electron chi connectivity index (χ1n) is 11.8. The minimum Gasteiger partial charge on any atom is -0.497 e. The Bertz CT molecular complexity index is 1330. The zero-order chi connectivity index (χ0) is 25.2. The molecule has 1 atom stereocenters. The normalized spacial score (nSPS) is 15.3. The van der Waals surface area contributed by atoms with E-state index in [1.54, 1.807) is 19.2 Å². The van der Waals surface area contributed by atoms with Gasteiger partial charge in [-0.2, -0.15) is 0 Å². The average molecular weight is 493 g/mol. The maximum atomic E-state index is 13.0. The van der Waals surface area contributed by atoms with Crippen molar-refractivity contribution in [2.45, 2.75) is 45.7 Å². The summed E-state index contributed by atoms with van der Waals surface area (Å²) in [4.78, 5) is 13.0. The SMILES string of the molecule is COc1ccc2c(c1)CCC[C@H]2NC(=O)c1ccc(CN(c2cc(C)ccc2C)S(C)(=O)=O)cc1. The Morgan fingerprint density at radius 3 is 2.49 bits per heavy atom. The lowest BCUT2D eigenvalue weighted by molar-refractivity contribution is 0.0932. The van der Waals surface area contributed by atoms with Gasteiger partial charge in [0.15, 0.2) is 0 Å². The summed E-state index contributed by atoms with van der Waals surface area (Å²) in [7, 11) is -1.83. The maximum Gasteiger partial charge on any atom is 0.251 e. The Morgan fingerprint density at radius 2 is 1.80 bits per heavy atom. The van der Waals surface area contributed by atoms with Gasteiger partial charge in [-0.3, -0.25) is 9.10 Å². The monoisotopic (exact) mass is 492 g/mol. The van der Waals surface area contributed by atoms with Gasteiger partial charge in [0, 0.05) is 5.56 Å². The highest BCUT2D eigenvalue weighted by Gasteiger charge is 2.23. The van der Waals surface area contributed by atoms with Crippen molar-refractivity contribution in [3.63, 3.8) is 0 Å². The summed E-state index contributed by atoms with van der Waals surface area (Å²) < 4.78 is 31.9. The summed E-state index contributed by atoms with van der Waals surface area (Å²) >= 11 is 0. The molecular weight excluding hydrogens is 460 g/mol. The molecule has 0 unspecified atom stereocenters. The second-order valence-corrected chi connectivity index (χ2v) is 11.1. The van der Waals surface area contributed by atoms with E-state index in [1.165, 1.54) is 16.1 Å². The van der Waals surface area contributed by atoms with Crippen molar-refractivity contribution in [3.8, 4) is 5.75 Å². The topological polar surface area (TPSA) is 75.7 Å². The van der Waals surface area contributed by atoms with Gasteiger partial charge in [0.05, 0.1) is 31.6 Å². The fraction of sp³-hybridized carbons (Fsp3) is 0.321. The Labute approximate surface area is 208 Å².